The van der Waals surface area contributed by atoms with Crippen LogP contribution >= 0.6 is 11.8 Å². The monoisotopic (exact) mass is 291 g/mol. The van der Waals surface area contributed by atoms with Crippen LogP contribution in [0.25, 0.3) is 11.4 Å². The van der Waals surface area contributed by atoms with Gasteiger partial charge in [0.15, 0.2) is 5.78 Å². The SMILES string of the molecule is O=C1CSCC1c1nc(-c2ccccc2[N+](=O)[O-])no1. The van der Waals surface area contributed by atoms with Crippen LogP contribution in [0.5, 0.6) is 0 Å². The Morgan fingerprint density at radius 1 is 1.40 bits per heavy atom. The lowest BCUT2D eigenvalue weighted by Crippen LogP contribution is -2.09. The van der Waals surface area contributed by atoms with E-state index >= 15 is 0 Å². The van der Waals surface area contributed by atoms with Crippen molar-refractivity contribution in [3.8, 4) is 11.4 Å². The molecule has 8 heteroatoms. The van der Waals surface area contributed by atoms with Gasteiger partial charge in [-0.25, -0.2) is 0 Å². The Labute approximate surface area is 117 Å². The molecule has 0 radical (unpaired) electrons. The Bertz CT molecular complexity index is 685. The zero-order valence-electron chi connectivity index (χ0n) is 10.2. The number of nitrogens with zero attached hydrogens (tertiary/aromatic N) is 3. The molecule has 1 unspecified atom stereocenters. The predicted molar refractivity (Wildman–Crippen MR) is 71.5 cm³/mol. The molecular formula is C12H9N3O4S. The number of thioether (sulfide) groups is 1. The summed E-state index contributed by atoms with van der Waals surface area (Å²) in [5.74, 6) is 1.06. The summed E-state index contributed by atoms with van der Waals surface area (Å²) < 4.78 is 5.09. The standard InChI is InChI=1S/C12H9N3O4S/c16-10-6-20-5-8(10)12-13-11(14-19-12)7-3-1-2-4-9(7)15(17)18/h1-4,8H,5-6H2. The van der Waals surface area contributed by atoms with Crippen molar-refractivity contribution < 1.29 is 14.2 Å². The molecule has 1 atom stereocenters. The predicted octanol–water partition coefficient (Wildman–Crippen LogP) is 2.04. The quantitative estimate of drug-likeness (QED) is 0.630. The van der Waals surface area contributed by atoms with E-state index in [0.717, 1.165) is 0 Å². The van der Waals surface area contributed by atoms with Crippen molar-refractivity contribution in [3.05, 3.63) is 40.3 Å². The van der Waals surface area contributed by atoms with Gasteiger partial charge in [0.1, 0.15) is 11.5 Å². The van der Waals surface area contributed by atoms with E-state index in [1.807, 2.05) is 0 Å². The molecule has 20 heavy (non-hydrogen) atoms. The number of Topliss-reactive ketones (excluding diaryl/α,β-unsaturated/α-hetero) is 1. The highest BCUT2D eigenvalue weighted by Crippen LogP contribution is 2.32. The lowest BCUT2D eigenvalue weighted by Gasteiger charge is -1.98. The number of carbonyl (C=O) groups is 1. The molecule has 7 nitrogen and oxygen atoms in total. The molecular weight excluding hydrogens is 282 g/mol. The smallest absolute Gasteiger partial charge is 0.280 e. The van der Waals surface area contributed by atoms with Crippen LogP contribution in [0.3, 0.4) is 0 Å². The first-order valence-corrected chi connectivity index (χ1v) is 7.00. The molecule has 1 aromatic carbocycles. The molecule has 3 rings (SSSR count). The van der Waals surface area contributed by atoms with Crippen molar-refractivity contribution in [2.75, 3.05) is 11.5 Å². The molecule has 2 heterocycles. The zero-order valence-corrected chi connectivity index (χ0v) is 11.0. The van der Waals surface area contributed by atoms with Crippen LogP contribution in [0.15, 0.2) is 28.8 Å². The molecule has 1 aliphatic heterocycles. The highest BCUT2D eigenvalue weighted by Gasteiger charge is 2.32. The first-order chi connectivity index (χ1) is 9.66. The maximum Gasteiger partial charge on any atom is 0.280 e. The average molecular weight is 291 g/mol. The first-order valence-electron chi connectivity index (χ1n) is 5.84. The molecule has 2 aromatic rings. The largest absolute Gasteiger partial charge is 0.338 e. The summed E-state index contributed by atoms with van der Waals surface area (Å²) in [5.41, 5.74) is 0.192. The molecule has 0 N–H and O–H groups in total. The van der Waals surface area contributed by atoms with E-state index in [4.69, 9.17) is 4.52 Å². The number of nitro groups is 1. The normalized spacial score (nSPS) is 18.4. The van der Waals surface area contributed by atoms with Gasteiger partial charge in [0.25, 0.3) is 5.69 Å². The average Bonchev–Trinajstić information content (AvgIpc) is 3.07. The summed E-state index contributed by atoms with van der Waals surface area (Å²) in [5, 5.41) is 14.7. The lowest BCUT2D eigenvalue weighted by atomic mass is 10.1. The summed E-state index contributed by atoms with van der Waals surface area (Å²) >= 11 is 1.51. The third-order valence-electron chi connectivity index (χ3n) is 3.00. The molecule has 1 fully saturated rings. The highest BCUT2D eigenvalue weighted by atomic mass is 32.2. The Morgan fingerprint density at radius 3 is 2.90 bits per heavy atom. The van der Waals surface area contributed by atoms with Crippen LogP contribution in [0.1, 0.15) is 11.8 Å². The minimum atomic E-state index is -0.498. The molecule has 102 valence electrons. The van der Waals surface area contributed by atoms with Gasteiger partial charge in [-0.3, -0.25) is 14.9 Å². The summed E-state index contributed by atoms with van der Waals surface area (Å²) in [6, 6.07) is 6.16. The van der Waals surface area contributed by atoms with E-state index in [1.165, 1.54) is 17.8 Å². The number of carbonyl (C=O) groups excluding carboxylic acids is 1. The van der Waals surface area contributed by atoms with Crippen LogP contribution in [-0.4, -0.2) is 32.4 Å². The second-order valence-corrected chi connectivity index (χ2v) is 5.29. The number of hydrogen-bond donors (Lipinski definition) is 0. The maximum absolute atomic E-state index is 11.6. The van der Waals surface area contributed by atoms with Crippen LogP contribution in [0.2, 0.25) is 0 Å². The lowest BCUT2D eigenvalue weighted by molar-refractivity contribution is -0.384. The van der Waals surface area contributed by atoms with Gasteiger partial charge in [-0.2, -0.15) is 16.7 Å². The van der Waals surface area contributed by atoms with Gasteiger partial charge >= 0.3 is 0 Å². The number of nitro benzene ring substituents is 1. The van der Waals surface area contributed by atoms with E-state index < -0.39 is 10.8 Å². The van der Waals surface area contributed by atoms with Crippen LogP contribution in [0, 0.1) is 10.1 Å². The van der Waals surface area contributed by atoms with Gasteiger partial charge in [-0.15, -0.1) is 0 Å². The van der Waals surface area contributed by atoms with E-state index in [-0.39, 0.29) is 28.7 Å². The van der Waals surface area contributed by atoms with E-state index in [1.54, 1.807) is 18.2 Å². The fraction of sp³-hybridized carbons (Fsp3) is 0.250. The molecule has 0 saturated carbocycles. The molecule has 0 spiro atoms. The van der Waals surface area contributed by atoms with E-state index in [2.05, 4.69) is 10.1 Å². The number of aromatic nitrogens is 2. The summed E-state index contributed by atoms with van der Waals surface area (Å²) in [6.07, 6.45) is 0. The van der Waals surface area contributed by atoms with Crippen molar-refractivity contribution in [1.82, 2.24) is 10.1 Å². The van der Waals surface area contributed by atoms with Crippen molar-refractivity contribution in [1.29, 1.82) is 0 Å². The van der Waals surface area contributed by atoms with Gasteiger partial charge in [0.05, 0.1) is 10.7 Å². The van der Waals surface area contributed by atoms with Crippen molar-refractivity contribution in [2.24, 2.45) is 0 Å². The van der Waals surface area contributed by atoms with Gasteiger partial charge in [-0.1, -0.05) is 17.3 Å². The highest BCUT2D eigenvalue weighted by molar-refractivity contribution is 8.00. The van der Waals surface area contributed by atoms with Crippen molar-refractivity contribution >= 4 is 23.2 Å². The molecule has 1 aromatic heterocycles. The van der Waals surface area contributed by atoms with Gasteiger partial charge in [0, 0.05) is 11.8 Å². The number of benzene rings is 1. The third kappa shape index (κ3) is 2.18. The van der Waals surface area contributed by atoms with Crippen LogP contribution in [0.4, 0.5) is 5.69 Å². The first kappa shape index (κ1) is 12.8. The van der Waals surface area contributed by atoms with Crippen molar-refractivity contribution in [3.63, 3.8) is 0 Å². The zero-order chi connectivity index (χ0) is 14.1. The Hall–Kier alpha value is -2.22. The Morgan fingerprint density at radius 2 is 2.20 bits per heavy atom. The Balaban J connectivity index is 1.98. The van der Waals surface area contributed by atoms with E-state index in [9.17, 15) is 14.9 Å². The minimum Gasteiger partial charge on any atom is -0.338 e. The van der Waals surface area contributed by atoms with Gasteiger partial charge in [-0.05, 0) is 6.07 Å². The molecule has 0 aliphatic carbocycles. The van der Waals surface area contributed by atoms with Crippen LogP contribution in [-0.2, 0) is 4.79 Å². The number of rotatable bonds is 3. The summed E-state index contributed by atoms with van der Waals surface area (Å²) in [4.78, 5) is 26.3. The maximum atomic E-state index is 11.6. The second-order valence-electron chi connectivity index (χ2n) is 4.26. The van der Waals surface area contributed by atoms with Gasteiger partial charge < -0.3 is 4.52 Å². The fourth-order valence-electron chi connectivity index (χ4n) is 1.99. The number of ketones is 1. The van der Waals surface area contributed by atoms with Crippen LogP contribution < -0.4 is 0 Å². The summed E-state index contributed by atoms with van der Waals surface area (Å²) in [6.45, 7) is 0. The molecule has 1 saturated heterocycles. The molecule has 1 aliphatic rings. The topological polar surface area (TPSA) is 99.1 Å². The fourth-order valence-corrected chi connectivity index (χ4v) is 3.07. The molecule has 0 amide bonds. The Kier molecular flexibility index (Phi) is 3.23. The van der Waals surface area contributed by atoms with Gasteiger partial charge in [0.2, 0.25) is 11.7 Å². The number of hydrogen-bond acceptors (Lipinski definition) is 7. The summed E-state index contributed by atoms with van der Waals surface area (Å²) in [7, 11) is 0. The minimum absolute atomic E-state index is 0.0489. The molecule has 0 bridgehead atoms. The third-order valence-corrected chi connectivity index (χ3v) is 4.06. The second kappa shape index (κ2) is 5.04. The van der Waals surface area contributed by atoms with Crippen molar-refractivity contribution in [2.45, 2.75) is 5.92 Å². The van der Waals surface area contributed by atoms with E-state index in [0.29, 0.717) is 11.5 Å². The number of para-hydroxylation sites is 1.